The van der Waals surface area contributed by atoms with Crippen LogP contribution in [-0.4, -0.2) is 7.63 Å². The van der Waals surface area contributed by atoms with E-state index in [0.29, 0.717) is 0 Å². The van der Waals surface area contributed by atoms with E-state index in [1.54, 1.807) is 26.1 Å². The van der Waals surface area contributed by atoms with Crippen molar-refractivity contribution in [1.82, 2.24) is 0 Å². The van der Waals surface area contributed by atoms with Crippen molar-refractivity contribution in [3.63, 3.8) is 0 Å². The Labute approximate surface area is 211 Å². The van der Waals surface area contributed by atoms with E-state index >= 15 is 0 Å². The zero-order valence-electron chi connectivity index (χ0n) is 23.5. The molecule has 182 valence electrons. The van der Waals surface area contributed by atoms with E-state index in [1.807, 2.05) is 3.88 Å². The van der Waals surface area contributed by atoms with E-state index < -0.39 is 14.0 Å². The van der Waals surface area contributed by atoms with Gasteiger partial charge in [0.2, 0.25) is 0 Å². The average Bonchev–Trinajstić information content (AvgIpc) is 3.32. The van der Waals surface area contributed by atoms with Gasteiger partial charge >= 0.3 is 213 Å². The van der Waals surface area contributed by atoms with Crippen LogP contribution in [0.4, 0.5) is 0 Å². The second kappa shape index (κ2) is 8.19. The predicted octanol–water partition coefficient (Wildman–Crippen LogP) is 8.22. The van der Waals surface area contributed by atoms with Crippen LogP contribution >= 0.6 is 0 Å². The Balaban J connectivity index is 2.02. The molecule has 0 N–H and O–H groups in total. The Morgan fingerprint density at radius 3 is 2.06 bits per heavy atom. The van der Waals surface area contributed by atoms with Crippen LogP contribution in [0.3, 0.4) is 0 Å². The van der Waals surface area contributed by atoms with Gasteiger partial charge in [-0.2, -0.15) is 0 Å². The Bertz CT molecular complexity index is 1300. The molecular formula is C32H46SiTi. The summed E-state index contributed by atoms with van der Waals surface area (Å²) in [4.78, 5) is 0. The van der Waals surface area contributed by atoms with Crippen LogP contribution in [0.2, 0.25) is 10.5 Å². The first-order valence-electron chi connectivity index (χ1n) is 13.4. The van der Waals surface area contributed by atoms with Crippen molar-refractivity contribution in [1.29, 1.82) is 0 Å². The molecule has 0 fully saturated rings. The predicted molar refractivity (Wildman–Crippen MR) is 152 cm³/mol. The summed E-state index contributed by atoms with van der Waals surface area (Å²) in [6, 6.07) is 12.2. The molecule has 0 saturated carbocycles. The molecule has 2 aromatic rings. The molecule has 0 heterocycles. The van der Waals surface area contributed by atoms with Crippen molar-refractivity contribution >= 4 is 11.5 Å². The molecule has 0 unspecified atom stereocenters. The van der Waals surface area contributed by atoms with Crippen LogP contribution in [0.5, 0.6) is 0 Å². The van der Waals surface area contributed by atoms with Crippen molar-refractivity contribution < 1.29 is 14.0 Å². The third-order valence-corrected chi connectivity index (χ3v) is 19.0. The van der Waals surface area contributed by atoms with Gasteiger partial charge in [0.1, 0.15) is 0 Å². The molecule has 4 rings (SSSR count). The van der Waals surface area contributed by atoms with E-state index in [2.05, 4.69) is 110 Å². The minimum atomic E-state index is -3.23. The second-order valence-electron chi connectivity index (χ2n) is 13.8. The summed E-state index contributed by atoms with van der Waals surface area (Å²) in [5.41, 5.74) is 12.8. The van der Waals surface area contributed by atoms with Gasteiger partial charge in [-0.1, -0.05) is 0 Å². The van der Waals surface area contributed by atoms with Gasteiger partial charge in [-0.25, -0.2) is 0 Å². The standard InChI is InChI=1S/C21H25.C9H13.2CH3.H2Si.Ti/c1-20(2,3)16-7-9-18-14(12-16)11-15-13-17(21(4,5)6)8-10-19(15)18;1-3-8-6-5-7-9(8)4-2;;;;/h7-10,12H,11H2,1-6H3;6H,3-5H2,1-2H3;2*1H3;1H2;. The maximum absolute atomic E-state index is 3.23. The quantitative estimate of drug-likeness (QED) is 0.313. The molecular weight excluding hydrogens is 460 g/mol. The fourth-order valence-electron chi connectivity index (χ4n) is 6.71. The van der Waals surface area contributed by atoms with E-state index in [-0.39, 0.29) is 10.8 Å². The maximum atomic E-state index is 2.72. The van der Waals surface area contributed by atoms with Gasteiger partial charge < -0.3 is 0 Å². The molecule has 2 aliphatic carbocycles. The summed E-state index contributed by atoms with van der Waals surface area (Å²) in [5, 5.41) is 5.45. The van der Waals surface area contributed by atoms with Crippen LogP contribution in [0.1, 0.15) is 96.9 Å². The van der Waals surface area contributed by atoms with Crippen molar-refractivity contribution in [3.05, 3.63) is 73.7 Å². The van der Waals surface area contributed by atoms with E-state index in [9.17, 15) is 0 Å². The summed E-state index contributed by atoms with van der Waals surface area (Å²) in [5.74, 6) is 0. The first-order chi connectivity index (χ1) is 15.6. The van der Waals surface area contributed by atoms with Crippen molar-refractivity contribution in [2.75, 3.05) is 0 Å². The molecule has 34 heavy (non-hydrogen) atoms. The van der Waals surface area contributed by atoms with Crippen molar-refractivity contribution in [3.8, 4) is 11.1 Å². The molecule has 0 spiro atoms. The number of rotatable bonds is 4. The zero-order chi connectivity index (χ0) is 25.3. The molecule has 0 aliphatic heterocycles. The normalized spacial score (nSPS) is 16.6. The van der Waals surface area contributed by atoms with Gasteiger partial charge in [0.25, 0.3) is 0 Å². The first kappa shape index (κ1) is 25.9. The van der Waals surface area contributed by atoms with E-state index in [0.717, 1.165) is 12.8 Å². The number of allylic oxidation sites excluding steroid dienone is 4. The zero-order valence-corrected chi connectivity index (χ0v) is 26.5. The summed E-state index contributed by atoms with van der Waals surface area (Å²) >= 11 is -3.23. The third kappa shape index (κ3) is 4.10. The Hall–Kier alpha value is -1.15. The number of hydrogen-bond acceptors (Lipinski definition) is 0. The third-order valence-electron chi connectivity index (χ3n) is 8.56. The van der Waals surface area contributed by atoms with Gasteiger partial charge in [0, 0.05) is 0 Å². The van der Waals surface area contributed by atoms with Crippen LogP contribution in [0.25, 0.3) is 11.1 Å². The number of benzene rings is 2. The van der Waals surface area contributed by atoms with Gasteiger partial charge in [0.05, 0.1) is 0 Å². The molecule has 0 aromatic heterocycles. The average molecular weight is 507 g/mol. The van der Waals surface area contributed by atoms with E-state index in [1.165, 1.54) is 35.1 Å². The molecule has 0 bridgehead atoms. The molecule has 0 nitrogen and oxygen atoms in total. The first-order valence-corrected chi connectivity index (χ1v) is 22.1. The van der Waals surface area contributed by atoms with Gasteiger partial charge in [0.15, 0.2) is 0 Å². The Morgan fingerprint density at radius 1 is 0.853 bits per heavy atom. The topological polar surface area (TPSA) is 0 Å². The molecule has 2 aromatic carbocycles. The van der Waals surface area contributed by atoms with Crippen LogP contribution in [0, 0.1) is 0 Å². The second-order valence-corrected chi connectivity index (χ2v) is 32.7. The van der Waals surface area contributed by atoms with Crippen molar-refractivity contribution in [2.45, 2.75) is 102 Å². The summed E-state index contributed by atoms with van der Waals surface area (Å²) < 4.78 is 3.61. The molecule has 0 atom stereocenters. The van der Waals surface area contributed by atoms with Crippen LogP contribution in [0.15, 0.2) is 51.4 Å². The van der Waals surface area contributed by atoms with Gasteiger partial charge in [-0.3, -0.25) is 0 Å². The fourth-order valence-corrected chi connectivity index (χ4v) is 17.5. The SMILES string of the molecule is CCC1=CC[C]([Ti]([CH3])([CH3])(=[SiH2])[c]2c(C(C)(C)C)ccc3c2Cc2cc(C(C)(C)C)ccc2-3)=C1CC. The van der Waals surface area contributed by atoms with Gasteiger partial charge in [-0.05, 0) is 0 Å². The van der Waals surface area contributed by atoms with E-state index in [4.69, 9.17) is 0 Å². The van der Waals surface area contributed by atoms with Crippen LogP contribution in [-0.2, 0) is 31.3 Å². The number of fused-ring (bicyclic) bond motifs is 3. The fraction of sp³-hybridized carbons (Fsp3) is 0.500. The molecule has 2 aliphatic rings. The number of hydrogen-bond donors (Lipinski definition) is 0. The monoisotopic (exact) mass is 506 g/mol. The minimum absolute atomic E-state index is 0.138. The summed E-state index contributed by atoms with van der Waals surface area (Å²) in [6.45, 7) is 19.0. The molecule has 2 heteroatoms. The Kier molecular flexibility index (Phi) is 6.24. The van der Waals surface area contributed by atoms with Gasteiger partial charge in [-0.15, -0.1) is 0 Å². The summed E-state index contributed by atoms with van der Waals surface area (Å²) in [7, 11) is 2.42. The molecule has 0 radical (unpaired) electrons. The molecule has 0 amide bonds. The molecule has 0 saturated heterocycles. The summed E-state index contributed by atoms with van der Waals surface area (Å²) in [6.07, 6.45) is 7.16. The Morgan fingerprint density at radius 2 is 1.50 bits per heavy atom. The van der Waals surface area contributed by atoms with Crippen LogP contribution < -0.4 is 3.87 Å². The van der Waals surface area contributed by atoms with Crippen molar-refractivity contribution in [2.24, 2.45) is 0 Å².